The number of phenols is 1. The number of halogens is 1. The Bertz CT molecular complexity index is 1040. The summed E-state index contributed by atoms with van der Waals surface area (Å²) >= 11 is 3.27. The van der Waals surface area contributed by atoms with Crippen LogP contribution in [-0.4, -0.2) is 23.8 Å². The lowest BCUT2D eigenvalue weighted by Gasteiger charge is -2.10. The summed E-state index contributed by atoms with van der Waals surface area (Å²) in [6.07, 6.45) is 1.47. The first kappa shape index (κ1) is 21.4. The monoisotopic (exact) mass is 468 g/mol. The lowest BCUT2D eigenvalue weighted by atomic mass is 10.2. The van der Waals surface area contributed by atoms with E-state index >= 15 is 0 Å². The Morgan fingerprint density at radius 2 is 1.80 bits per heavy atom. The van der Waals surface area contributed by atoms with Gasteiger partial charge in [-0.25, -0.2) is 5.43 Å². The van der Waals surface area contributed by atoms with E-state index in [0.29, 0.717) is 40.3 Å². The van der Waals surface area contributed by atoms with Crippen molar-refractivity contribution in [2.75, 3.05) is 6.61 Å². The molecule has 0 radical (unpaired) electrons. The Hall–Kier alpha value is -3.32. The van der Waals surface area contributed by atoms with E-state index in [2.05, 4.69) is 26.5 Å². The smallest absolute Gasteiger partial charge is 0.275 e. The van der Waals surface area contributed by atoms with Gasteiger partial charge in [-0.1, -0.05) is 42.5 Å². The van der Waals surface area contributed by atoms with Crippen molar-refractivity contribution in [1.29, 1.82) is 0 Å². The van der Waals surface area contributed by atoms with Crippen molar-refractivity contribution < 1.29 is 19.4 Å². The molecule has 0 aliphatic carbocycles. The Balaban J connectivity index is 1.68. The third-order valence-electron chi connectivity index (χ3n) is 4.10. The molecule has 30 heavy (non-hydrogen) atoms. The van der Waals surface area contributed by atoms with Gasteiger partial charge < -0.3 is 14.6 Å². The van der Waals surface area contributed by atoms with E-state index in [-0.39, 0.29) is 5.75 Å². The molecule has 2 N–H and O–H groups in total. The highest BCUT2D eigenvalue weighted by Gasteiger charge is 2.12. The Kier molecular flexibility index (Phi) is 7.45. The number of nitrogens with zero attached hydrogens (tertiary/aromatic N) is 1. The van der Waals surface area contributed by atoms with Crippen LogP contribution < -0.4 is 14.9 Å². The summed E-state index contributed by atoms with van der Waals surface area (Å²) in [5.41, 5.74) is 4.54. The first-order valence-electron chi connectivity index (χ1n) is 9.33. The third-order valence-corrected chi connectivity index (χ3v) is 4.70. The molecule has 3 aromatic carbocycles. The maximum Gasteiger partial charge on any atom is 0.275 e. The largest absolute Gasteiger partial charge is 0.503 e. The molecule has 0 aromatic heterocycles. The first-order valence-corrected chi connectivity index (χ1v) is 10.1. The molecule has 0 unspecified atom stereocenters. The number of hydrogen-bond donors (Lipinski definition) is 2. The summed E-state index contributed by atoms with van der Waals surface area (Å²) in [6, 6.07) is 20.0. The van der Waals surface area contributed by atoms with Gasteiger partial charge in [0.05, 0.1) is 22.9 Å². The second kappa shape index (κ2) is 10.5. The van der Waals surface area contributed by atoms with Crippen LogP contribution >= 0.6 is 15.9 Å². The molecule has 0 heterocycles. The lowest BCUT2D eigenvalue weighted by molar-refractivity contribution is 0.0950. The fourth-order valence-corrected chi connectivity index (χ4v) is 3.13. The zero-order chi connectivity index (χ0) is 21.3. The van der Waals surface area contributed by atoms with E-state index in [1.807, 2.05) is 43.3 Å². The lowest BCUT2D eigenvalue weighted by Crippen LogP contribution is -2.18. The van der Waals surface area contributed by atoms with E-state index in [9.17, 15) is 9.90 Å². The molecule has 154 valence electrons. The van der Waals surface area contributed by atoms with Gasteiger partial charge in [-0.2, -0.15) is 5.10 Å². The van der Waals surface area contributed by atoms with Crippen molar-refractivity contribution in [3.05, 3.63) is 87.9 Å². The number of para-hydroxylation sites is 1. The molecule has 0 fully saturated rings. The zero-order valence-corrected chi connectivity index (χ0v) is 17.9. The second-order valence-corrected chi connectivity index (χ2v) is 7.11. The fourth-order valence-electron chi connectivity index (χ4n) is 2.67. The summed E-state index contributed by atoms with van der Waals surface area (Å²) in [4.78, 5) is 12.6. The fraction of sp³-hybridized carbons (Fsp3) is 0.130. The molecule has 0 aliphatic heterocycles. The number of amides is 1. The van der Waals surface area contributed by atoms with Crippen LogP contribution in [0.15, 0.2) is 76.3 Å². The quantitative estimate of drug-likeness (QED) is 0.364. The summed E-state index contributed by atoms with van der Waals surface area (Å²) < 4.78 is 11.7. The molecule has 7 heteroatoms. The predicted octanol–water partition coefficient (Wildman–Crippen LogP) is 4.90. The van der Waals surface area contributed by atoms with E-state index in [4.69, 9.17) is 9.47 Å². The number of nitrogens with one attached hydrogen (secondary N) is 1. The predicted molar refractivity (Wildman–Crippen MR) is 119 cm³/mol. The minimum Gasteiger partial charge on any atom is -0.503 e. The minimum absolute atomic E-state index is 0.0162. The van der Waals surface area contributed by atoms with Crippen molar-refractivity contribution in [2.24, 2.45) is 5.10 Å². The standard InChI is InChI=1S/C23H21BrN2O4/c1-2-29-21-13-17(12-19(24)22(21)27)14-25-26-23(28)18-10-6-7-11-20(18)30-15-16-8-4-3-5-9-16/h3-14,27H,2,15H2,1H3,(H,26,28). The van der Waals surface area contributed by atoms with Crippen molar-refractivity contribution in [3.8, 4) is 17.2 Å². The summed E-state index contributed by atoms with van der Waals surface area (Å²) in [7, 11) is 0. The Labute approximate surface area is 183 Å². The zero-order valence-electron chi connectivity index (χ0n) is 16.3. The second-order valence-electron chi connectivity index (χ2n) is 6.25. The van der Waals surface area contributed by atoms with E-state index < -0.39 is 5.91 Å². The molecule has 0 atom stereocenters. The van der Waals surface area contributed by atoms with Gasteiger partial charge in [0.2, 0.25) is 0 Å². The maximum atomic E-state index is 12.6. The van der Waals surface area contributed by atoms with Crippen LogP contribution in [0, 0.1) is 0 Å². The number of benzene rings is 3. The van der Waals surface area contributed by atoms with Gasteiger partial charge in [0.1, 0.15) is 12.4 Å². The molecule has 1 amide bonds. The van der Waals surface area contributed by atoms with Crippen LogP contribution in [0.3, 0.4) is 0 Å². The third kappa shape index (κ3) is 5.61. The number of aromatic hydroxyl groups is 1. The van der Waals surface area contributed by atoms with Gasteiger partial charge in [0.15, 0.2) is 11.5 Å². The molecule has 3 aromatic rings. The molecule has 0 spiro atoms. The number of phenolic OH excluding ortho intramolecular Hbond substituents is 1. The van der Waals surface area contributed by atoms with Gasteiger partial charge in [-0.15, -0.1) is 0 Å². The van der Waals surface area contributed by atoms with Crippen LogP contribution in [-0.2, 0) is 6.61 Å². The molecule has 0 aliphatic rings. The van der Waals surface area contributed by atoms with E-state index in [0.717, 1.165) is 5.56 Å². The highest BCUT2D eigenvalue weighted by Crippen LogP contribution is 2.35. The molecule has 0 saturated carbocycles. The summed E-state index contributed by atoms with van der Waals surface area (Å²) in [5, 5.41) is 14.0. The topological polar surface area (TPSA) is 80.2 Å². The van der Waals surface area contributed by atoms with Gasteiger partial charge in [0, 0.05) is 0 Å². The van der Waals surface area contributed by atoms with Crippen LogP contribution in [0.2, 0.25) is 0 Å². The highest BCUT2D eigenvalue weighted by atomic mass is 79.9. The molecule has 0 bridgehead atoms. The van der Waals surface area contributed by atoms with Gasteiger partial charge in [0.25, 0.3) is 5.91 Å². The van der Waals surface area contributed by atoms with Crippen molar-refractivity contribution >= 4 is 28.1 Å². The molecule has 0 saturated heterocycles. The normalized spacial score (nSPS) is 10.7. The van der Waals surface area contributed by atoms with Gasteiger partial charge >= 0.3 is 0 Å². The Morgan fingerprint density at radius 3 is 2.57 bits per heavy atom. The van der Waals surface area contributed by atoms with Crippen molar-refractivity contribution in [1.82, 2.24) is 5.43 Å². The van der Waals surface area contributed by atoms with Crippen molar-refractivity contribution in [2.45, 2.75) is 13.5 Å². The van der Waals surface area contributed by atoms with E-state index in [1.165, 1.54) is 6.21 Å². The van der Waals surface area contributed by atoms with Crippen molar-refractivity contribution in [3.63, 3.8) is 0 Å². The Morgan fingerprint density at radius 1 is 1.07 bits per heavy atom. The summed E-state index contributed by atoms with van der Waals surface area (Å²) in [5.74, 6) is 0.430. The highest BCUT2D eigenvalue weighted by molar-refractivity contribution is 9.10. The number of rotatable bonds is 8. The van der Waals surface area contributed by atoms with E-state index in [1.54, 1.807) is 30.3 Å². The average Bonchev–Trinajstić information content (AvgIpc) is 2.76. The number of hydrazone groups is 1. The molecule has 3 rings (SSSR count). The minimum atomic E-state index is -0.391. The number of carbonyl (C=O) groups is 1. The molecule has 6 nitrogen and oxygen atoms in total. The van der Waals surface area contributed by atoms with Gasteiger partial charge in [-0.3, -0.25) is 4.79 Å². The maximum absolute atomic E-state index is 12.6. The van der Waals surface area contributed by atoms with Gasteiger partial charge in [-0.05, 0) is 58.2 Å². The summed E-state index contributed by atoms with van der Waals surface area (Å²) in [6.45, 7) is 2.60. The number of ether oxygens (including phenoxy) is 2. The average molecular weight is 469 g/mol. The SMILES string of the molecule is CCOc1cc(C=NNC(=O)c2ccccc2OCc2ccccc2)cc(Br)c1O. The number of hydrogen-bond acceptors (Lipinski definition) is 5. The van der Waals surface area contributed by atoms with Crippen LogP contribution in [0.25, 0.3) is 0 Å². The first-order chi connectivity index (χ1) is 14.6. The number of carbonyl (C=O) groups excluding carboxylic acids is 1. The van der Waals surface area contributed by atoms with Crippen LogP contribution in [0.1, 0.15) is 28.4 Å². The molecular weight excluding hydrogens is 448 g/mol. The molecular formula is C23H21BrN2O4. The van der Waals surface area contributed by atoms with Crippen LogP contribution in [0.5, 0.6) is 17.2 Å². The van der Waals surface area contributed by atoms with Crippen LogP contribution in [0.4, 0.5) is 0 Å².